The molecule has 7 rings (SSSR count). The van der Waals surface area contributed by atoms with Crippen LogP contribution < -0.4 is 16.6 Å². The van der Waals surface area contributed by atoms with Crippen LogP contribution in [-0.2, 0) is 55.4 Å². The summed E-state index contributed by atoms with van der Waals surface area (Å²) in [5.41, 5.74) is -4.09. The van der Waals surface area contributed by atoms with E-state index in [4.69, 9.17) is 9.15 Å². The molecule has 55 heavy (non-hydrogen) atoms. The monoisotopic (exact) mass is 776 g/mol. The molecule has 19 heteroatoms. The van der Waals surface area contributed by atoms with Gasteiger partial charge in [-0.1, -0.05) is 41.6 Å². The van der Waals surface area contributed by atoms with E-state index in [2.05, 4.69) is 25.9 Å². The molecule has 292 valence electrons. The molecule has 0 bridgehead atoms. The minimum absolute atomic E-state index is 0.0428. The SMILES string of the molecule is O=c1c2c(n(Cc3c(F)cccc3C(F)(F)F)c(=O)n1CC(NCCCc1nn[nH]n1)c1ccccc1)COC21CCN(Cc2ccc(C(F)(F)F)o2)CC1. The van der Waals surface area contributed by atoms with Crippen LogP contribution in [-0.4, -0.2) is 54.3 Å². The third-order valence-corrected chi connectivity index (χ3v) is 10.1. The summed E-state index contributed by atoms with van der Waals surface area (Å²) in [7, 11) is 0. The second-order valence-corrected chi connectivity index (χ2v) is 13.5. The third kappa shape index (κ3) is 7.99. The first-order valence-electron chi connectivity index (χ1n) is 17.5. The van der Waals surface area contributed by atoms with Crippen molar-refractivity contribution in [3.05, 3.63) is 133 Å². The van der Waals surface area contributed by atoms with Crippen molar-refractivity contribution in [2.75, 3.05) is 19.6 Å². The van der Waals surface area contributed by atoms with Crippen LogP contribution in [0.25, 0.3) is 0 Å². The summed E-state index contributed by atoms with van der Waals surface area (Å²) in [6, 6.07) is 13.0. The highest BCUT2D eigenvalue weighted by Gasteiger charge is 2.47. The van der Waals surface area contributed by atoms with Crippen LogP contribution in [0.4, 0.5) is 30.7 Å². The number of alkyl halides is 6. The number of rotatable bonds is 12. The van der Waals surface area contributed by atoms with Gasteiger partial charge < -0.3 is 14.5 Å². The number of halogens is 7. The summed E-state index contributed by atoms with van der Waals surface area (Å²) < 4.78 is 110. The number of H-pyrrole nitrogens is 1. The van der Waals surface area contributed by atoms with Crippen LogP contribution >= 0.6 is 0 Å². The van der Waals surface area contributed by atoms with Crippen molar-refractivity contribution in [1.29, 1.82) is 0 Å². The molecule has 1 spiro atoms. The second kappa shape index (κ2) is 15.2. The van der Waals surface area contributed by atoms with E-state index < -0.39 is 64.5 Å². The number of hydrogen-bond acceptors (Lipinski definition) is 9. The van der Waals surface area contributed by atoms with Crippen LogP contribution in [0.2, 0.25) is 0 Å². The number of aromatic nitrogens is 6. The zero-order valence-electron chi connectivity index (χ0n) is 29.1. The first kappa shape index (κ1) is 38.1. The average Bonchev–Trinajstić information content (AvgIpc) is 3.92. The molecule has 0 radical (unpaired) electrons. The number of fused-ring (bicyclic) bond motifs is 2. The molecule has 1 unspecified atom stereocenters. The quantitative estimate of drug-likeness (QED) is 0.127. The molecule has 2 N–H and O–H groups in total. The van der Waals surface area contributed by atoms with Gasteiger partial charge in [0.05, 0.1) is 49.1 Å². The number of nitrogens with zero attached hydrogens (tertiary/aromatic N) is 6. The number of ether oxygens (including phenoxy) is 1. The third-order valence-electron chi connectivity index (χ3n) is 10.1. The zero-order chi connectivity index (χ0) is 39.0. The summed E-state index contributed by atoms with van der Waals surface area (Å²) in [5, 5.41) is 17.2. The van der Waals surface area contributed by atoms with E-state index in [0.717, 1.165) is 39.0 Å². The molecule has 3 aromatic heterocycles. The van der Waals surface area contributed by atoms with Gasteiger partial charge in [0.2, 0.25) is 5.76 Å². The molecule has 2 aliphatic rings. The topological polar surface area (TPSA) is 136 Å². The standard InChI is InChI=1S/C36H35F7N8O4/c37-26-9-4-8-25(35(38,39)40)24(26)19-50-28-21-54-34(13-16-49(17-14-34)18-23-11-12-29(55-23)36(41,42)43)31(28)32(52)51(33(50)53)20-27(22-6-2-1-3-7-22)44-15-5-10-30-45-47-48-46-30/h1-4,6-9,11-12,27,44H,5,10,13-21H2,(H,45,46,47,48). The van der Waals surface area contributed by atoms with Gasteiger partial charge in [0, 0.05) is 25.1 Å². The molecule has 5 heterocycles. The van der Waals surface area contributed by atoms with Crippen LogP contribution in [0.5, 0.6) is 0 Å². The van der Waals surface area contributed by atoms with Crippen LogP contribution in [0.15, 0.2) is 74.7 Å². The molecule has 5 aromatic rings. The lowest BCUT2D eigenvalue weighted by Crippen LogP contribution is -2.50. The maximum Gasteiger partial charge on any atom is 0.449 e. The van der Waals surface area contributed by atoms with Gasteiger partial charge in [-0.2, -0.15) is 31.6 Å². The number of hydrogen-bond donors (Lipinski definition) is 2. The Kier molecular flexibility index (Phi) is 10.5. The molecular formula is C36H35F7N8O4. The molecule has 2 aromatic carbocycles. The van der Waals surface area contributed by atoms with Crippen molar-refractivity contribution >= 4 is 0 Å². The van der Waals surface area contributed by atoms with Crippen molar-refractivity contribution in [1.82, 2.24) is 40.0 Å². The summed E-state index contributed by atoms with van der Waals surface area (Å²) in [5.74, 6) is -1.71. The second-order valence-electron chi connectivity index (χ2n) is 13.5. The molecule has 2 aliphatic heterocycles. The fraction of sp³-hybridized carbons (Fsp3) is 0.417. The van der Waals surface area contributed by atoms with Gasteiger partial charge >= 0.3 is 18.0 Å². The molecule has 0 amide bonds. The van der Waals surface area contributed by atoms with Crippen molar-refractivity contribution in [3.63, 3.8) is 0 Å². The van der Waals surface area contributed by atoms with E-state index in [-0.39, 0.29) is 62.6 Å². The molecule has 1 atom stereocenters. The Morgan fingerprint density at radius 2 is 1.67 bits per heavy atom. The summed E-state index contributed by atoms with van der Waals surface area (Å²) in [6.45, 7) is -0.422. The van der Waals surface area contributed by atoms with Gasteiger partial charge in [0.15, 0.2) is 5.82 Å². The number of nitrogens with one attached hydrogen (secondary N) is 2. The van der Waals surface area contributed by atoms with Crippen molar-refractivity contribution < 1.29 is 39.9 Å². The first-order chi connectivity index (χ1) is 26.2. The molecule has 0 saturated carbocycles. The highest BCUT2D eigenvalue weighted by Crippen LogP contribution is 2.43. The number of aryl methyl sites for hydroxylation is 1. The van der Waals surface area contributed by atoms with Crippen molar-refractivity contribution in [3.8, 4) is 0 Å². The van der Waals surface area contributed by atoms with E-state index in [9.17, 15) is 35.9 Å². The number of likely N-dealkylation sites (tertiary alicyclic amines) is 1. The number of aromatic amines is 1. The lowest BCUT2D eigenvalue weighted by molar-refractivity contribution is -0.153. The fourth-order valence-corrected chi connectivity index (χ4v) is 7.36. The minimum atomic E-state index is -4.94. The van der Waals surface area contributed by atoms with E-state index in [0.29, 0.717) is 25.2 Å². The van der Waals surface area contributed by atoms with Gasteiger partial charge in [0.25, 0.3) is 5.56 Å². The molecule has 0 aliphatic carbocycles. The van der Waals surface area contributed by atoms with Gasteiger partial charge in [-0.25, -0.2) is 9.18 Å². The van der Waals surface area contributed by atoms with Crippen molar-refractivity contribution in [2.45, 2.75) is 75.9 Å². The lowest BCUT2D eigenvalue weighted by atomic mass is 9.85. The number of benzene rings is 2. The Labute approximate surface area is 307 Å². The number of furan rings is 1. The molecule has 1 saturated heterocycles. The maximum atomic E-state index is 15.3. The van der Waals surface area contributed by atoms with E-state index >= 15 is 4.39 Å². The highest BCUT2D eigenvalue weighted by atomic mass is 19.4. The van der Waals surface area contributed by atoms with E-state index in [1.165, 1.54) is 6.07 Å². The number of piperidine rings is 1. The Bertz CT molecular complexity index is 2230. The maximum absolute atomic E-state index is 15.3. The van der Waals surface area contributed by atoms with Gasteiger partial charge in [-0.15, -0.1) is 10.2 Å². The Balaban J connectivity index is 1.25. The smallest absolute Gasteiger partial charge is 0.449 e. The van der Waals surface area contributed by atoms with Crippen molar-refractivity contribution in [2.24, 2.45) is 0 Å². The summed E-state index contributed by atoms with van der Waals surface area (Å²) >= 11 is 0. The largest absolute Gasteiger partial charge is 0.455 e. The normalized spacial score (nSPS) is 16.5. The number of tetrazole rings is 1. The Hall–Kier alpha value is -5.14. The molecule has 1 fully saturated rings. The minimum Gasteiger partial charge on any atom is -0.455 e. The van der Waals surface area contributed by atoms with Crippen LogP contribution in [0, 0.1) is 5.82 Å². The highest BCUT2D eigenvalue weighted by molar-refractivity contribution is 5.35. The molecule has 12 nitrogen and oxygen atoms in total. The lowest BCUT2D eigenvalue weighted by Gasteiger charge is -2.38. The van der Waals surface area contributed by atoms with Crippen LogP contribution in [0.3, 0.4) is 0 Å². The average molecular weight is 777 g/mol. The zero-order valence-corrected chi connectivity index (χ0v) is 29.1. The predicted octanol–water partition coefficient (Wildman–Crippen LogP) is 5.33. The van der Waals surface area contributed by atoms with Gasteiger partial charge in [0.1, 0.15) is 17.2 Å². The molecular weight excluding hydrogens is 741 g/mol. The summed E-state index contributed by atoms with van der Waals surface area (Å²) in [6.07, 6.45) is -8.21. The van der Waals surface area contributed by atoms with Gasteiger partial charge in [-0.3, -0.25) is 18.8 Å². The van der Waals surface area contributed by atoms with E-state index in [1.54, 1.807) is 30.3 Å². The van der Waals surface area contributed by atoms with Gasteiger partial charge in [-0.05, 0) is 55.6 Å². The van der Waals surface area contributed by atoms with E-state index in [1.807, 2.05) is 4.90 Å². The Morgan fingerprint density at radius 1 is 0.909 bits per heavy atom. The fourth-order valence-electron chi connectivity index (χ4n) is 7.36. The predicted molar refractivity (Wildman–Crippen MR) is 180 cm³/mol. The first-order valence-corrected chi connectivity index (χ1v) is 17.5. The summed E-state index contributed by atoms with van der Waals surface area (Å²) in [4.78, 5) is 30.8. The van der Waals surface area contributed by atoms with Crippen LogP contribution in [0.1, 0.15) is 70.6 Å². The Morgan fingerprint density at radius 3 is 2.35 bits per heavy atom.